The van der Waals surface area contributed by atoms with Crippen LogP contribution in [0, 0.1) is 0 Å². The molecular formula is C16H14ClF3N2O4S. The van der Waals surface area contributed by atoms with Crippen molar-refractivity contribution < 1.29 is 31.1 Å². The summed E-state index contributed by atoms with van der Waals surface area (Å²) >= 11 is 5.97. The van der Waals surface area contributed by atoms with Gasteiger partial charge in [0.1, 0.15) is 22.6 Å². The van der Waals surface area contributed by atoms with Crippen molar-refractivity contribution in [1.82, 2.24) is 9.29 Å². The molecule has 0 bridgehead atoms. The van der Waals surface area contributed by atoms with E-state index in [9.17, 15) is 21.6 Å². The minimum absolute atomic E-state index is 0.0990. The predicted octanol–water partition coefficient (Wildman–Crippen LogP) is 3.48. The van der Waals surface area contributed by atoms with Gasteiger partial charge in [0.15, 0.2) is 0 Å². The van der Waals surface area contributed by atoms with Crippen molar-refractivity contribution in [3.63, 3.8) is 0 Å². The van der Waals surface area contributed by atoms with Crippen LogP contribution in [-0.2, 0) is 10.0 Å². The number of rotatable bonds is 5. The predicted molar refractivity (Wildman–Crippen MR) is 90.2 cm³/mol. The molecular weight excluding hydrogens is 409 g/mol. The van der Waals surface area contributed by atoms with E-state index in [2.05, 4.69) is 9.72 Å². The van der Waals surface area contributed by atoms with Gasteiger partial charge in [-0.3, -0.25) is 4.98 Å². The van der Waals surface area contributed by atoms with E-state index in [1.54, 1.807) is 6.07 Å². The summed E-state index contributed by atoms with van der Waals surface area (Å²) in [4.78, 5) is 3.72. The van der Waals surface area contributed by atoms with Crippen LogP contribution >= 0.6 is 11.6 Å². The van der Waals surface area contributed by atoms with E-state index in [-0.39, 0.29) is 18.0 Å². The summed E-state index contributed by atoms with van der Waals surface area (Å²) in [6.45, 7) is 0.318. The highest BCUT2D eigenvalue weighted by molar-refractivity contribution is 7.89. The van der Waals surface area contributed by atoms with Gasteiger partial charge in [0.25, 0.3) is 0 Å². The maximum Gasteiger partial charge on any atom is 0.573 e. The summed E-state index contributed by atoms with van der Waals surface area (Å²) in [5.74, 6) is -0.0824. The second kappa shape index (κ2) is 7.53. The molecule has 0 amide bonds. The Kier molecular flexibility index (Phi) is 5.50. The first-order valence-corrected chi connectivity index (χ1v) is 9.59. The van der Waals surface area contributed by atoms with Gasteiger partial charge in [-0.2, -0.15) is 4.31 Å². The third kappa shape index (κ3) is 4.82. The minimum atomic E-state index is -4.84. The Labute approximate surface area is 158 Å². The van der Waals surface area contributed by atoms with Crippen LogP contribution in [0.3, 0.4) is 0 Å². The van der Waals surface area contributed by atoms with Crippen molar-refractivity contribution in [3.8, 4) is 11.5 Å². The van der Waals surface area contributed by atoms with Gasteiger partial charge in [0.2, 0.25) is 10.0 Å². The van der Waals surface area contributed by atoms with Crippen molar-refractivity contribution in [1.29, 1.82) is 0 Å². The smallest absolute Gasteiger partial charge is 0.487 e. The number of nitrogens with zero attached hydrogens (tertiary/aromatic N) is 2. The number of alkyl halides is 3. The average molecular weight is 423 g/mol. The van der Waals surface area contributed by atoms with E-state index in [0.717, 1.165) is 24.3 Å². The Morgan fingerprint density at radius 3 is 2.52 bits per heavy atom. The lowest BCUT2D eigenvalue weighted by Gasteiger charge is -2.18. The lowest BCUT2D eigenvalue weighted by atomic mass is 10.3. The summed E-state index contributed by atoms with van der Waals surface area (Å²) < 4.78 is 72.6. The van der Waals surface area contributed by atoms with Gasteiger partial charge in [0.05, 0.1) is 11.4 Å². The molecule has 0 N–H and O–H groups in total. The molecule has 27 heavy (non-hydrogen) atoms. The Morgan fingerprint density at radius 1 is 1.19 bits per heavy atom. The largest absolute Gasteiger partial charge is 0.573 e. The van der Waals surface area contributed by atoms with E-state index < -0.39 is 28.2 Å². The Hall–Kier alpha value is -2.04. The molecule has 3 rings (SSSR count). The van der Waals surface area contributed by atoms with Crippen molar-refractivity contribution in [3.05, 3.63) is 47.7 Å². The van der Waals surface area contributed by atoms with E-state index in [4.69, 9.17) is 16.3 Å². The molecule has 1 atom stereocenters. The zero-order valence-corrected chi connectivity index (χ0v) is 15.3. The second-order valence-corrected chi connectivity index (χ2v) is 8.06. The molecule has 2 heterocycles. The number of aromatic nitrogens is 1. The van der Waals surface area contributed by atoms with Crippen LogP contribution in [0.15, 0.2) is 47.6 Å². The number of hydrogen-bond acceptors (Lipinski definition) is 5. The summed E-state index contributed by atoms with van der Waals surface area (Å²) in [7, 11) is -3.86. The molecule has 1 fully saturated rings. The average Bonchev–Trinajstić information content (AvgIpc) is 3.05. The first kappa shape index (κ1) is 19.7. The number of halogens is 4. The molecule has 1 aliphatic heterocycles. The van der Waals surface area contributed by atoms with Crippen LogP contribution < -0.4 is 9.47 Å². The van der Waals surface area contributed by atoms with Gasteiger partial charge in [-0.25, -0.2) is 8.42 Å². The first-order valence-electron chi connectivity index (χ1n) is 7.77. The Balaban J connectivity index is 1.68. The number of hydrogen-bond donors (Lipinski definition) is 0. The first-order chi connectivity index (χ1) is 12.6. The molecule has 146 valence electrons. The van der Waals surface area contributed by atoms with Gasteiger partial charge >= 0.3 is 6.36 Å². The molecule has 1 saturated heterocycles. The minimum Gasteiger partial charge on any atom is -0.487 e. The summed E-state index contributed by atoms with van der Waals surface area (Å²) in [5.41, 5.74) is 0. The lowest BCUT2D eigenvalue weighted by Crippen LogP contribution is -2.31. The van der Waals surface area contributed by atoms with E-state index in [1.807, 2.05) is 0 Å². The molecule has 11 heteroatoms. The van der Waals surface area contributed by atoms with E-state index in [1.165, 1.54) is 16.7 Å². The Morgan fingerprint density at radius 2 is 1.89 bits per heavy atom. The van der Waals surface area contributed by atoms with Crippen LogP contribution in [-0.4, -0.2) is 43.3 Å². The maximum absolute atomic E-state index is 12.7. The van der Waals surface area contributed by atoms with Gasteiger partial charge in [-0.15, -0.1) is 13.2 Å². The molecule has 0 saturated carbocycles. The normalized spacial score (nSPS) is 18.4. The highest BCUT2D eigenvalue weighted by Crippen LogP contribution is 2.29. The Bertz CT molecular complexity index is 907. The van der Waals surface area contributed by atoms with E-state index >= 15 is 0 Å². The van der Waals surface area contributed by atoms with Crippen molar-refractivity contribution >= 4 is 21.6 Å². The van der Waals surface area contributed by atoms with Crippen molar-refractivity contribution in [2.45, 2.75) is 23.8 Å². The summed E-state index contributed by atoms with van der Waals surface area (Å²) in [6.07, 6.45) is -1.85. The molecule has 0 aliphatic carbocycles. The third-order valence-electron chi connectivity index (χ3n) is 3.83. The molecule has 2 aromatic rings. The van der Waals surface area contributed by atoms with Gasteiger partial charge in [0, 0.05) is 25.0 Å². The number of pyridine rings is 1. The zero-order valence-electron chi connectivity index (χ0n) is 13.7. The zero-order chi connectivity index (χ0) is 19.7. The summed E-state index contributed by atoms with van der Waals surface area (Å²) in [5, 5.41) is 0.319. The number of benzene rings is 1. The van der Waals surface area contributed by atoms with Gasteiger partial charge in [-0.1, -0.05) is 11.6 Å². The molecule has 0 radical (unpaired) electrons. The molecule has 0 spiro atoms. The SMILES string of the molecule is O=S(=O)(c1ccc(OC(F)(F)F)cc1)N1CC[C@H](Oc2ccncc2Cl)C1. The monoisotopic (exact) mass is 422 g/mol. The molecule has 6 nitrogen and oxygen atoms in total. The maximum atomic E-state index is 12.7. The van der Waals surface area contributed by atoms with Crippen LogP contribution in [0.25, 0.3) is 0 Å². The van der Waals surface area contributed by atoms with Crippen LogP contribution in [0.5, 0.6) is 11.5 Å². The molecule has 1 aromatic heterocycles. The van der Waals surface area contributed by atoms with Crippen molar-refractivity contribution in [2.24, 2.45) is 0 Å². The fourth-order valence-corrected chi connectivity index (χ4v) is 4.26. The highest BCUT2D eigenvalue weighted by atomic mass is 35.5. The fraction of sp³-hybridized carbons (Fsp3) is 0.312. The molecule has 1 aromatic carbocycles. The highest BCUT2D eigenvalue weighted by Gasteiger charge is 2.34. The molecule has 1 aliphatic rings. The van der Waals surface area contributed by atoms with Gasteiger partial charge < -0.3 is 9.47 Å². The summed E-state index contributed by atoms with van der Waals surface area (Å²) in [6, 6.07) is 5.65. The topological polar surface area (TPSA) is 68.7 Å². The lowest BCUT2D eigenvalue weighted by molar-refractivity contribution is -0.274. The van der Waals surface area contributed by atoms with Crippen LogP contribution in [0.2, 0.25) is 5.02 Å². The van der Waals surface area contributed by atoms with E-state index in [0.29, 0.717) is 17.2 Å². The van der Waals surface area contributed by atoms with Crippen LogP contribution in [0.1, 0.15) is 6.42 Å². The number of sulfonamides is 1. The molecule has 0 unspecified atom stereocenters. The fourth-order valence-electron chi connectivity index (χ4n) is 2.61. The standard InChI is InChI=1S/C16H14ClF3N2O4S/c17-14-9-21-7-5-15(14)25-12-6-8-22(10-12)27(23,24)13-3-1-11(2-4-13)26-16(18,19)20/h1-5,7,9,12H,6,8,10H2/t12-/m0/s1. The number of ether oxygens (including phenoxy) is 2. The third-order valence-corrected chi connectivity index (χ3v) is 5.99. The second-order valence-electron chi connectivity index (χ2n) is 5.72. The van der Waals surface area contributed by atoms with Gasteiger partial charge in [-0.05, 0) is 30.7 Å². The van der Waals surface area contributed by atoms with Crippen molar-refractivity contribution in [2.75, 3.05) is 13.1 Å². The van der Waals surface area contributed by atoms with Crippen LogP contribution in [0.4, 0.5) is 13.2 Å². The quantitative estimate of drug-likeness (QED) is 0.738.